The van der Waals surface area contributed by atoms with Crippen molar-refractivity contribution < 1.29 is 9.59 Å². The van der Waals surface area contributed by atoms with Gasteiger partial charge in [0.15, 0.2) is 0 Å². The minimum Gasteiger partial charge on any atom is -0.343 e. The van der Waals surface area contributed by atoms with Crippen LogP contribution in [0.4, 0.5) is 5.69 Å². The highest BCUT2D eigenvalue weighted by Crippen LogP contribution is 2.37. The molecule has 5 heteroatoms. The first-order valence-corrected chi connectivity index (χ1v) is 9.56. The Bertz CT molecular complexity index is 1010. The zero-order valence-corrected chi connectivity index (χ0v) is 15.9. The van der Waals surface area contributed by atoms with Gasteiger partial charge in [0.05, 0.1) is 22.8 Å². The Morgan fingerprint density at radius 1 is 1.00 bits per heavy atom. The van der Waals surface area contributed by atoms with E-state index in [0.29, 0.717) is 31.6 Å². The molecule has 1 fully saturated rings. The zero-order valence-electron chi connectivity index (χ0n) is 15.9. The van der Waals surface area contributed by atoms with Crippen LogP contribution >= 0.6 is 0 Å². The molecule has 1 aromatic heterocycles. The van der Waals surface area contributed by atoms with Crippen molar-refractivity contribution in [2.45, 2.75) is 25.2 Å². The van der Waals surface area contributed by atoms with Crippen LogP contribution in [0.1, 0.15) is 25.3 Å². The van der Waals surface area contributed by atoms with Crippen molar-refractivity contribution >= 4 is 28.4 Å². The molecule has 4 rings (SSSR count). The van der Waals surface area contributed by atoms with Gasteiger partial charge in [-0.25, -0.2) is 0 Å². The van der Waals surface area contributed by atoms with Gasteiger partial charge in [-0.05, 0) is 30.5 Å². The molecule has 3 aromatic rings. The van der Waals surface area contributed by atoms with Crippen molar-refractivity contribution in [3.8, 4) is 0 Å². The molecule has 0 aliphatic carbocycles. The molecule has 1 aliphatic heterocycles. The molecule has 0 radical (unpaired) electrons. The second kappa shape index (κ2) is 7.43. The average molecular weight is 373 g/mol. The number of likely N-dealkylation sites (tertiary alicyclic amines) is 1. The summed E-state index contributed by atoms with van der Waals surface area (Å²) in [7, 11) is 0. The maximum absolute atomic E-state index is 13.5. The van der Waals surface area contributed by atoms with E-state index in [1.54, 1.807) is 13.1 Å². The molecule has 0 bridgehead atoms. The number of nitrogens with zero attached hydrogens (tertiary/aromatic N) is 2. The number of pyridine rings is 1. The summed E-state index contributed by atoms with van der Waals surface area (Å²) in [5.74, 6) is 0.0137. The molecule has 142 valence electrons. The van der Waals surface area contributed by atoms with Gasteiger partial charge < -0.3 is 10.2 Å². The van der Waals surface area contributed by atoms with Crippen LogP contribution in [0.2, 0.25) is 0 Å². The summed E-state index contributed by atoms with van der Waals surface area (Å²) in [6.07, 6.45) is 2.90. The van der Waals surface area contributed by atoms with E-state index in [0.717, 1.165) is 16.5 Å². The van der Waals surface area contributed by atoms with Crippen molar-refractivity contribution in [3.05, 3.63) is 72.4 Å². The predicted molar refractivity (Wildman–Crippen MR) is 110 cm³/mol. The largest absolute Gasteiger partial charge is 0.343 e. The van der Waals surface area contributed by atoms with Crippen molar-refractivity contribution in [1.29, 1.82) is 0 Å². The molecule has 1 N–H and O–H groups in total. The molecule has 5 nitrogen and oxygen atoms in total. The number of hydrogen-bond donors (Lipinski definition) is 1. The van der Waals surface area contributed by atoms with E-state index in [1.165, 1.54) is 0 Å². The summed E-state index contributed by atoms with van der Waals surface area (Å²) in [5.41, 5.74) is 1.92. The third kappa shape index (κ3) is 3.36. The van der Waals surface area contributed by atoms with Crippen LogP contribution in [0, 0.1) is 0 Å². The van der Waals surface area contributed by atoms with Crippen molar-refractivity contribution in [2.75, 3.05) is 18.4 Å². The minimum absolute atomic E-state index is 0.0426. The molecule has 0 unspecified atom stereocenters. The Balaban J connectivity index is 1.64. The number of hydrogen-bond acceptors (Lipinski definition) is 3. The van der Waals surface area contributed by atoms with E-state index in [-0.39, 0.29) is 11.8 Å². The van der Waals surface area contributed by atoms with Gasteiger partial charge in [-0.2, -0.15) is 0 Å². The summed E-state index contributed by atoms with van der Waals surface area (Å²) in [4.78, 5) is 31.5. The maximum Gasteiger partial charge on any atom is 0.235 e. The first-order valence-electron chi connectivity index (χ1n) is 9.56. The van der Waals surface area contributed by atoms with Gasteiger partial charge >= 0.3 is 0 Å². The SMILES string of the molecule is CC(=O)N1CCC(C(=O)Nc2cnc3ccccc3c2)(c2ccccc2)CC1. The Hall–Kier alpha value is -3.21. The number of para-hydroxylation sites is 1. The number of carbonyl (C=O) groups excluding carboxylic acids is 2. The lowest BCUT2D eigenvalue weighted by Crippen LogP contribution is -2.50. The molecule has 1 aliphatic rings. The van der Waals surface area contributed by atoms with E-state index in [4.69, 9.17) is 0 Å². The second-order valence-electron chi connectivity index (χ2n) is 7.33. The Morgan fingerprint density at radius 2 is 1.68 bits per heavy atom. The third-order valence-electron chi connectivity index (χ3n) is 5.67. The molecule has 2 heterocycles. The molecule has 2 aromatic carbocycles. The number of nitrogens with one attached hydrogen (secondary N) is 1. The lowest BCUT2D eigenvalue weighted by molar-refractivity contribution is -0.133. The fourth-order valence-electron chi connectivity index (χ4n) is 4.00. The fourth-order valence-corrected chi connectivity index (χ4v) is 4.00. The van der Waals surface area contributed by atoms with E-state index in [1.807, 2.05) is 65.6 Å². The first-order chi connectivity index (χ1) is 13.6. The van der Waals surface area contributed by atoms with Crippen molar-refractivity contribution in [1.82, 2.24) is 9.88 Å². The quantitative estimate of drug-likeness (QED) is 0.760. The Labute approximate surface area is 164 Å². The van der Waals surface area contributed by atoms with Crippen LogP contribution in [0.15, 0.2) is 66.9 Å². The summed E-state index contributed by atoms with van der Waals surface area (Å²) in [5, 5.41) is 4.07. The average Bonchev–Trinajstić information content (AvgIpc) is 2.74. The van der Waals surface area contributed by atoms with Gasteiger partial charge in [0.2, 0.25) is 11.8 Å². The van der Waals surface area contributed by atoms with Crippen molar-refractivity contribution in [3.63, 3.8) is 0 Å². The van der Waals surface area contributed by atoms with E-state index < -0.39 is 5.41 Å². The van der Waals surface area contributed by atoms with E-state index in [9.17, 15) is 9.59 Å². The van der Waals surface area contributed by atoms with Crippen LogP contribution in [0.25, 0.3) is 10.9 Å². The van der Waals surface area contributed by atoms with Gasteiger partial charge in [0, 0.05) is 25.4 Å². The molecule has 0 spiro atoms. The zero-order chi connectivity index (χ0) is 19.6. The first kappa shape index (κ1) is 18.2. The van der Waals surface area contributed by atoms with Crippen LogP contribution < -0.4 is 5.32 Å². The number of aromatic nitrogens is 1. The minimum atomic E-state index is -0.654. The highest BCUT2D eigenvalue weighted by atomic mass is 16.2. The lowest BCUT2D eigenvalue weighted by atomic mass is 9.72. The number of fused-ring (bicyclic) bond motifs is 1. The summed E-state index contributed by atoms with van der Waals surface area (Å²) in [6, 6.07) is 19.7. The molecule has 1 saturated heterocycles. The third-order valence-corrected chi connectivity index (χ3v) is 5.67. The number of carbonyl (C=O) groups is 2. The van der Waals surface area contributed by atoms with Crippen LogP contribution in [-0.4, -0.2) is 34.8 Å². The number of piperidine rings is 1. The van der Waals surface area contributed by atoms with Crippen molar-refractivity contribution in [2.24, 2.45) is 0 Å². The smallest absolute Gasteiger partial charge is 0.235 e. The second-order valence-corrected chi connectivity index (χ2v) is 7.33. The maximum atomic E-state index is 13.5. The number of rotatable bonds is 3. The molecule has 28 heavy (non-hydrogen) atoms. The summed E-state index contributed by atoms with van der Waals surface area (Å²) < 4.78 is 0. The number of benzene rings is 2. The normalized spacial score (nSPS) is 16.0. The summed E-state index contributed by atoms with van der Waals surface area (Å²) >= 11 is 0. The molecular formula is C23H23N3O2. The van der Waals surface area contributed by atoms with E-state index >= 15 is 0 Å². The predicted octanol–water partition coefficient (Wildman–Crippen LogP) is 3.75. The molecule has 0 saturated carbocycles. The highest BCUT2D eigenvalue weighted by molar-refractivity contribution is 6.00. The highest BCUT2D eigenvalue weighted by Gasteiger charge is 2.43. The van der Waals surface area contributed by atoms with Crippen LogP contribution in [-0.2, 0) is 15.0 Å². The van der Waals surface area contributed by atoms with Crippen LogP contribution in [0.5, 0.6) is 0 Å². The standard InChI is InChI=1S/C23H23N3O2/c1-17(27)26-13-11-23(12-14-26,19-8-3-2-4-9-19)22(28)25-20-15-18-7-5-6-10-21(18)24-16-20/h2-10,15-16H,11-14H2,1H3,(H,25,28). The lowest BCUT2D eigenvalue weighted by Gasteiger charge is -2.40. The molecular weight excluding hydrogens is 350 g/mol. The summed E-state index contributed by atoms with van der Waals surface area (Å²) in [6.45, 7) is 2.73. The molecule has 0 atom stereocenters. The van der Waals surface area contributed by atoms with Gasteiger partial charge in [-0.3, -0.25) is 14.6 Å². The number of anilines is 1. The topological polar surface area (TPSA) is 62.3 Å². The van der Waals surface area contributed by atoms with Gasteiger partial charge in [0.25, 0.3) is 0 Å². The van der Waals surface area contributed by atoms with Gasteiger partial charge in [-0.1, -0.05) is 48.5 Å². The Morgan fingerprint density at radius 3 is 2.39 bits per heavy atom. The molecule has 2 amide bonds. The van der Waals surface area contributed by atoms with Gasteiger partial charge in [0.1, 0.15) is 0 Å². The monoisotopic (exact) mass is 373 g/mol. The fraction of sp³-hybridized carbons (Fsp3) is 0.261. The Kier molecular flexibility index (Phi) is 4.82. The van der Waals surface area contributed by atoms with E-state index in [2.05, 4.69) is 10.3 Å². The van der Waals surface area contributed by atoms with Gasteiger partial charge in [-0.15, -0.1) is 0 Å². The van der Waals surface area contributed by atoms with Crippen LogP contribution in [0.3, 0.4) is 0 Å². The number of amides is 2.